The number of aliphatic hydroxyl groups is 1. The second-order valence-corrected chi connectivity index (χ2v) is 7.09. The number of aromatic nitrogens is 2. The zero-order valence-electron chi connectivity index (χ0n) is 14.8. The molecule has 1 aromatic heterocycles. The van der Waals surface area contributed by atoms with Crippen LogP contribution in [0.4, 0.5) is 5.95 Å². The molecule has 0 saturated carbocycles. The molecule has 136 valence electrons. The zero-order chi connectivity index (χ0) is 17.5. The number of allylic oxidation sites excluding steroid dienone is 1. The maximum atomic E-state index is 12.9. The van der Waals surface area contributed by atoms with E-state index in [1.54, 1.807) is 18.5 Å². The monoisotopic (exact) mass is 344 g/mol. The van der Waals surface area contributed by atoms with E-state index in [9.17, 15) is 9.90 Å². The van der Waals surface area contributed by atoms with Gasteiger partial charge in [0.1, 0.15) is 0 Å². The molecule has 1 fully saturated rings. The Hall–Kier alpha value is -1.95. The van der Waals surface area contributed by atoms with Gasteiger partial charge in [0, 0.05) is 38.6 Å². The molecule has 2 heterocycles. The summed E-state index contributed by atoms with van der Waals surface area (Å²) in [5.74, 6) is 0.707. The first kappa shape index (κ1) is 17.9. The van der Waals surface area contributed by atoms with Gasteiger partial charge in [-0.2, -0.15) is 0 Å². The van der Waals surface area contributed by atoms with Gasteiger partial charge in [0.05, 0.1) is 5.41 Å². The Bertz CT molecular complexity index is 605. The van der Waals surface area contributed by atoms with Crippen molar-refractivity contribution in [1.29, 1.82) is 0 Å². The number of aliphatic hydroxyl groups excluding tert-OH is 1. The molecule has 1 aromatic rings. The Morgan fingerprint density at radius 3 is 2.88 bits per heavy atom. The van der Waals surface area contributed by atoms with Crippen LogP contribution in [0.1, 0.15) is 44.9 Å². The van der Waals surface area contributed by atoms with Crippen LogP contribution >= 0.6 is 0 Å². The molecule has 3 rings (SSSR count). The maximum absolute atomic E-state index is 12.9. The highest BCUT2D eigenvalue weighted by Gasteiger charge is 2.44. The van der Waals surface area contributed by atoms with Crippen LogP contribution in [-0.2, 0) is 4.79 Å². The van der Waals surface area contributed by atoms with Crippen molar-refractivity contribution >= 4 is 11.9 Å². The highest BCUT2D eigenvalue weighted by atomic mass is 16.3. The van der Waals surface area contributed by atoms with Crippen LogP contribution in [0.15, 0.2) is 30.1 Å². The molecule has 0 aromatic carbocycles. The van der Waals surface area contributed by atoms with Crippen LogP contribution < -0.4 is 10.2 Å². The number of hydrogen-bond donors (Lipinski definition) is 2. The normalized spacial score (nSPS) is 23.4. The second-order valence-electron chi connectivity index (χ2n) is 7.09. The molecule has 1 amide bonds. The lowest BCUT2D eigenvalue weighted by Crippen LogP contribution is -2.44. The number of hydrogen-bond acceptors (Lipinski definition) is 5. The summed E-state index contributed by atoms with van der Waals surface area (Å²) >= 11 is 0. The Kier molecular flexibility index (Phi) is 6.02. The van der Waals surface area contributed by atoms with Gasteiger partial charge in [-0.3, -0.25) is 4.79 Å². The summed E-state index contributed by atoms with van der Waals surface area (Å²) in [4.78, 5) is 23.5. The average Bonchev–Trinajstić information content (AvgIpc) is 3.09. The minimum absolute atomic E-state index is 0.0159. The Labute approximate surface area is 149 Å². The summed E-state index contributed by atoms with van der Waals surface area (Å²) in [7, 11) is 0. The number of anilines is 1. The van der Waals surface area contributed by atoms with E-state index in [-0.39, 0.29) is 12.5 Å². The van der Waals surface area contributed by atoms with Gasteiger partial charge in [-0.25, -0.2) is 9.97 Å². The molecule has 0 radical (unpaired) electrons. The molecule has 25 heavy (non-hydrogen) atoms. The molecule has 0 spiro atoms. The van der Waals surface area contributed by atoms with E-state index in [0.717, 1.165) is 25.8 Å². The van der Waals surface area contributed by atoms with Crippen molar-refractivity contribution in [3.05, 3.63) is 30.1 Å². The lowest BCUT2D eigenvalue weighted by Gasteiger charge is -2.27. The molecule has 1 atom stereocenters. The molecule has 6 nitrogen and oxygen atoms in total. The molecule has 1 saturated heterocycles. The van der Waals surface area contributed by atoms with Crippen LogP contribution in [0, 0.1) is 5.41 Å². The molecule has 6 heteroatoms. The SMILES string of the molecule is O=C(NCCC1=CCCCC1)C1(CCO)CCN(c2ncccn2)C1. The summed E-state index contributed by atoms with van der Waals surface area (Å²) in [6.07, 6.45) is 12.8. The predicted molar refractivity (Wildman–Crippen MR) is 97.2 cm³/mol. The number of nitrogens with one attached hydrogen (secondary N) is 1. The fraction of sp³-hybridized carbons (Fsp3) is 0.632. The third-order valence-corrected chi connectivity index (χ3v) is 5.38. The smallest absolute Gasteiger partial charge is 0.228 e. The number of carbonyl (C=O) groups is 1. The molecular weight excluding hydrogens is 316 g/mol. The van der Waals surface area contributed by atoms with Crippen LogP contribution in [0.25, 0.3) is 0 Å². The molecule has 1 unspecified atom stereocenters. The molecule has 2 N–H and O–H groups in total. The number of carbonyl (C=O) groups excluding carboxylic acids is 1. The van der Waals surface area contributed by atoms with E-state index in [2.05, 4.69) is 21.4 Å². The van der Waals surface area contributed by atoms with Gasteiger partial charge < -0.3 is 15.3 Å². The first-order valence-corrected chi connectivity index (χ1v) is 9.32. The predicted octanol–water partition coefficient (Wildman–Crippen LogP) is 2.06. The average molecular weight is 344 g/mol. The van der Waals surface area contributed by atoms with Gasteiger partial charge >= 0.3 is 0 Å². The molecular formula is C19H28N4O2. The van der Waals surface area contributed by atoms with Gasteiger partial charge in [0.15, 0.2) is 0 Å². The standard InChI is InChI=1S/C19H28N4O2/c24-14-9-19(8-13-23(15-19)18-21-10-4-11-22-18)17(25)20-12-7-16-5-2-1-3-6-16/h4-5,10-11,24H,1-3,6-9,12-15H2,(H,20,25). The van der Waals surface area contributed by atoms with E-state index >= 15 is 0 Å². The first-order valence-electron chi connectivity index (χ1n) is 9.32. The van der Waals surface area contributed by atoms with Crippen molar-refractivity contribution in [1.82, 2.24) is 15.3 Å². The fourth-order valence-electron chi connectivity index (χ4n) is 3.87. The summed E-state index contributed by atoms with van der Waals surface area (Å²) < 4.78 is 0. The van der Waals surface area contributed by atoms with Crippen molar-refractivity contribution < 1.29 is 9.90 Å². The van der Waals surface area contributed by atoms with Gasteiger partial charge in [-0.05, 0) is 51.0 Å². The lowest BCUT2D eigenvalue weighted by molar-refractivity contribution is -0.130. The van der Waals surface area contributed by atoms with Gasteiger partial charge in [-0.15, -0.1) is 0 Å². The minimum Gasteiger partial charge on any atom is -0.396 e. The summed E-state index contributed by atoms with van der Waals surface area (Å²) in [5, 5.41) is 12.6. The van der Waals surface area contributed by atoms with Crippen LogP contribution in [0.5, 0.6) is 0 Å². The third kappa shape index (κ3) is 4.37. The zero-order valence-corrected chi connectivity index (χ0v) is 14.8. The highest BCUT2D eigenvalue weighted by molar-refractivity contribution is 5.84. The summed E-state index contributed by atoms with van der Waals surface area (Å²) in [6, 6.07) is 1.78. The topological polar surface area (TPSA) is 78.4 Å². The van der Waals surface area contributed by atoms with Crippen LogP contribution in [-0.4, -0.2) is 47.2 Å². The second kappa shape index (κ2) is 8.43. The van der Waals surface area contributed by atoms with E-state index in [1.807, 2.05) is 4.90 Å². The van der Waals surface area contributed by atoms with E-state index in [4.69, 9.17) is 0 Å². The van der Waals surface area contributed by atoms with Gasteiger partial charge in [-0.1, -0.05) is 11.6 Å². The molecule has 0 bridgehead atoms. The molecule has 2 aliphatic rings. The Morgan fingerprint density at radius 1 is 1.32 bits per heavy atom. The van der Waals surface area contributed by atoms with Crippen molar-refractivity contribution in [2.45, 2.75) is 44.9 Å². The Balaban J connectivity index is 1.58. The van der Waals surface area contributed by atoms with Crippen molar-refractivity contribution in [2.75, 3.05) is 31.1 Å². The third-order valence-electron chi connectivity index (χ3n) is 5.38. The van der Waals surface area contributed by atoms with Gasteiger partial charge in [0.2, 0.25) is 11.9 Å². The molecule has 1 aliphatic heterocycles. The maximum Gasteiger partial charge on any atom is 0.228 e. The quantitative estimate of drug-likeness (QED) is 0.740. The van der Waals surface area contributed by atoms with Crippen molar-refractivity contribution in [2.24, 2.45) is 5.41 Å². The van der Waals surface area contributed by atoms with Crippen LogP contribution in [0.3, 0.4) is 0 Å². The van der Waals surface area contributed by atoms with E-state index in [1.165, 1.54) is 24.8 Å². The number of nitrogens with zero attached hydrogens (tertiary/aromatic N) is 3. The minimum atomic E-state index is -0.547. The summed E-state index contributed by atoms with van der Waals surface area (Å²) in [5.41, 5.74) is 0.919. The van der Waals surface area contributed by atoms with E-state index in [0.29, 0.717) is 25.5 Å². The fourth-order valence-corrected chi connectivity index (χ4v) is 3.87. The van der Waals surface area contributed by atoms with Crippen molar-refractivity contribution in [3.63, 3.8) is 0 Å². The van der Waals surface area contributed by atoms with Crippen molar-refractivity contribution in [3.8, 4) is 0 Å². The number of amides is 1. The first-order chi connectivity index (χ1) is 12.2. The largest absolute Gasteiger partial charge is 0.396 e. The number of rotatable bonds is 7. The molecule has 1 aliphatic carbocycles. The van der Waals surface area contributed by atoms with E-state index < -0.39 is 5.41 Å². The van der Waals surface area contributed by atoms with Crippen LogP contribution in [0.2, 0.25) is 0 Å². The highest BCUT2D eigenvalue weighted by Crippen LogP contribution is 2.35. The lowest BCUT2D eigenvalue weighted by atomic mass is 9.82. The summed E-state index contributed by atoms with van der Waals surface area (Å²) in [6.45, 7) is 2.00. The van der Waals surface area contributed by atoms with Gasteiger partial charge in [0.25, 0.3) is 0 Å². The Morgan fingerprint density at radius 2 is 2.16 bits per heavy atom.